The van der Waals surface area contributed by atoms with Crippen molar-refractivity contribution in [1.82, 2.24) is 10.2 Å². The zero-order valence-electron chi connectivity index (χ0n) is 10.4. The third kappa shape index (κ3) is 3.59. The fourth-order valence-electron chi connectivity index (χ4n) is 1.33. The van der Waals surface area contributed by atoms with Gasteiger partial charge in [0.25, 0.3) is 5.91 Å². The first-order chi connectivity index (χ1) is 9.10. The number of ether oxygens (including phenoxy) is 1. The molecular formula is C12H12BrN3O2S. The fraction of sp³-hybridized carbons (Fsp3) is 0.250. The molecule has 7 heteroatoms. The van der Waals surface area contributed by atoms with Gasteiger partial charge in [-0.15, -0.1) is 10.2 Å². The zero-order valence-corrected chi connectivity index (χ0v) is 12.8. The average molecular weight is 342 g/mol. The predicted octanol–water partition coefficient (Wildman–Crippen LogP) is 2.94. The van der Waals surface area contributed by atoms with E-state index in [-0.39, 0.29) is 5.91 Å². The Hall–Kier alpha value is -1.31. The third-order valence-corrected chi connectivity index (χ3v) is 3.83. The summed E-state index contributed by atoms with van der Waals surface area (Å²) in [4.78, 5) is 11.6. The monoisotopic (exact) mass is 341 g/mol. The maximum Gasteiger partial charge on any atom is 0.255 e. The van der Waals surface area contributed by atoms with Gasteiger partial charge in [-0.05, 0) is 19.1 Å². The van der Waals surface area contributed by atoms with Crippen molar-refractivity contribution in [2.75, 3.05) is 12.4 Å². The Bertz CT molecular complexity index is 588. The summed E-state index contributed by atoms with van der Waals surface area (Å²) in [5, 5.41) is 11.9. The highest BCUT2D eigenvalue weighted by atomic mass is 79.9. The van der Waals surface area contributed by atoms with E-state index in [9.17, 15) is 4.79 Å². The van der Waals surface area contributed by atoms with Crippen LogP contribution in [0.5, 0.6) is 0 Å². The van der Waals surface area contributed by atoms with Gasteiger partial charge in [-0.1, -0.05) is 39.4 Å². The molecule has 0 bridgehead atoms. The average Bonchev–Trinajstić information content (AvgIpc) is 2.86. The number of anilines is 1. The van der Waals surface area contributed by atoms with Crippen molar-refractivity contribution in [2.24, 2.45) is 0 Å². The highest BCUT2D eigenvalue weighted by Gasteiger charge is 2.14. The highest BCUT2D eigenvalue weighted by molar-refractivity contribution is 9.10. The second-order valence-electron chi connectivity index (χ2n) is 3.79. The number of rotatable bonds is 4. The molecule has 1 N–H and O–H groups in total. The quantitative estimate of drug-likeness (QED) is 0.928. The summed E-state index contributed by atoms with van der Waals surface area (Å²) in [6.45, 7) is 1.67. The van der Waals surface area contributed by atoms with E-state index in [4.69, 9.17) is 4.74 Å². The summed E-state index contributed by atoms with van der Waals surface area (Å²) in [6.07, 6.45) is -0.516. The van der Waals surface area contributed by atoms with Crippen molar-refractivity contribution in [3.8, 4) is 10.6 Å². The van der Waals surface area contributed by atoms with E-state index in [1.807, 2.05) is 24.3 Å². The number of halogens is 1. The number of carbonyl (C=O) groups is 1. The van der Waals surface area contributed by atoms with E-state index in [0.717, 1.165) is 15.0 Å². The Morgan fingerprint density at radius 2 is 2.26 bits per heavy atom. The number of benzene rings is 1. The van der Waals surface area contributed by atoms with Crippen LogP contribution in [0.15, 0.2) is 28.7 Å². The zero-order chi connectivity index (χ0) is 13.8. The molecule has 0 aliphatic heterocycles. The Labute approximate surface area is 123 Å². The fourth-order valence-corrected chi connectivity index (χ4v) is 2.47. The first-order valence-electron chi connectivity index (χ1n) is 5.53. The molecule has 2 rings (SSSR count). The molecule has 0 saturated carbocycles. The SMILES string of the molecule is COC(C)C(=O)Nc1nnc(-c2cccc(Br)c2)s1. The van der Waals surface area contributed by atoms with Gasteiger partial charge >= 0.3 is 0 Å². The maximum atomic E-state index is 11.6. The van der Waals surface area contributed by atoms with Gasteiger partial charge in [0.1, 0.15) is 11.1 Å². The molecule has 2 aromatic rings. The number of hydrogen-bond donors (Lipinski definition) is 1. The third-order valence-electron chi connectivity index (χ3n) is 2.45. The van der Waals surface area contributed by atoms with Crippen LogP contribution in [-0.2, 0) is 9.53 Å². The Morgan fingerprint density at radius 1 is 1.47 bits per heavy atom. The van der Waals surface area contributed by atoms with Crippen molar-refractivity contribution < 1.29 is 9.53 Å². The van der Waals surface area contributed by atoms with Crippen LogP contribution in [0.2, 0.25) is 0 Å². The maximum absolute atomic E-state index is 11.6. The molecular weight excluding hydrogens is 330 g/mol. The molecule has 1 aromatic heterocycles. The standard InChI is InChI=1S/C12H12BrN3O2S/c1-7(18-2)10(17)14-12-16-15-11(19-12)8-4-3-5-9(13)6-8/h3-7H,1-2H3,(H,14,16,17). The molecule has 1 atom stereocenters. The molecule has 0 spiro atoms. The molecule has 0 fully saturated rings. The van der Waals surface area contributed by atoms with Crippen LogP contribution in [0.1, 0.15) is 6.92 Å². The minimum Gasteiger partial charge on any atom is -0.372 e. The van der Waals surface area contributed by atoms with Gasteiger partial charge in [0, 0.05) is 17.1 Å². The lowest BCUT2D eigenvalue weighted by Crippen LogP contribution is -2.26. The molecule has 0 aliphatic rings. The van der Waals surface area contributed by atoms with Gasteiger partial charge in [0.05, 0.1) is 0 Å². The number of aromatic nitrogens is 2. The second kappa shape index (κ2) is 6.23. The molecule has 0 radical (unpaired) electrons. The van der Waals surface area contributed by atoms with Gasteiger partial charge in [-0.3, -0.25) is 10.1 Å². The number of nitrogens with zero attached hydrogens (tertiary/aromatic N) is 2. The summed E-state index contributed by atoms with van der Waals surface area (Å²) in [7, 11) is 1.48. The number of amides is 1. The first-order valence-corrected chi connectivity index (χ1v) is 7.14. The summed E-state index contributed by atoms with van der Waals surface area (Å²) in [5.74, 6) is -0.237. The lowest BCUT2D eigenvalue weighted by molar-refractivity contribution is -0.124. The van der Waals surface area contributed by atoms with Gasteiger partial charge in [-0.25, -0.2) is 0 Å². The Balaban J connectivity index is 2.13. The van der Waals surface area contributed by atoms with Crippen LogP contribution in [0.3, 0.4) is 0 Å². The van der Waals surface area contributed by atoms with E-state index >= 15 is 0 Å². The van der Waals surface area contributed by atoms with Crippen molar-refractivity contribution in [2.45, 2.75) is 13.0 Å². The minimum atomic E-state index is -0.516. The van der Waals surface area contributed by atoms with Gasteiger partial charge in [-0.2, -0.15) is 0 Å². The minimum absolute atomic E-state index is 0.237. The van der Waals surface area contributed by atoms with Crippen LogP contribution < -0.4 is 5.32 Å². The lowest BCUT2D eigenvalue weighted by atomic mass is 10.2. The topological polar surface area (TPSA) is 64.1 Å². The number of nitrogens with one attached hydrogen (secondary N) is 1. The normalized spacial score (nSPS) is 12.2. The van der Waals surface area contributed by atoms with Crippen LogP contribution in [0.4, 0.5) is 5.13 Å². The van der Waals surface area contributed by atoms with Gasteiger partial charge in [0.15, 0.2) is 0 Å². The molecule has 1 aromatic carbocycles. The highest BCUT2D eigenvalue weighted by Crippen LogP contribution is 2.28. The molecule has 100 valence electrons. The summed E-state index contributed by atoms with van der Waals surface area (Å²) >= 11 is 4.73. The number of methoxy groups -OCH3 is 1. The smallest absolute Gasteiger partial charge is 0.255 e. The lowest BCUT2D eigenvalue weighted by Gasteiger charge is -2.06. The van der Waals surface area contributed by atoms with E-state index < -0.39 is 6.10 Å². The molecule has 5 nitrogen and oxygen atoms in total. The van der Waals surface area contributed by atoms with Gasteiger partial charge < -0.3 is 4.74 Å². The van der Waals surface area contributed by atoms with Crippen molar-refractivity contribution in [1.29, 1.82) is 0 Å². The van der Waals surface area contributed by atoms with Crippen LogP contribution in [0.25, 0.3) is 10.6 Å². The Kier molecular flexibility index (Phi) is 4.62. The molecule has 0 saturated heterocycles. The largest absolute Gasteiger partial charge is 0.372 e. The van der Waals surface area contributed by atoms with E-state index in [0.29, 0.717) is 5.13 Å². The van der Waals surface area contributed by atoms with Crippen LogP contribution >= 0.6 is 27.3 Å². The van der Waals surface area contributed by atoms with Crippen molar-refractivity contribution >= 4 is 38.3 Å². The molecule has 19 heavy (non-hydrogen) atoms. The summed E-state index contributed by atoms with van der Waals surface area (Å²) in [5.41, 5.74) is 0.951. The van der Waals surface area contributed by atoms with E-state index in [2.05, 4.69) is 31.4 Å². The first kappa shape index (κ1) is 14.1. The summed E-state index contributed by atoms with van der Waals surface area (Å²) < 4.78 is 5.90. The Morgan fingerprint density at radius 3 is 2.95 bits per heavy atom. The van der Waals surface area contributed by atoms with Crippen LogP contribution in [-0.4, -0.2) is 29.3 Å². The summed E-state index contributed by atoms with van der Waals surface area (Å²) in [6, 6.07) is 7.75. The predicted molar refractivity (Wildman–Crippen MR) is 78.1 cm³/mol. The molecule has 1 heterocycles. The number of hydrogen-bond acceptors (Lipinski definition) is 5. The molecule has 1 unspecified atom stereocenters. The van der Waals surface area contributed by atoms with Crippen LogP contribution in [0, 0.1) is 0 Å². The molecule has 1 amide bonds. The van der Waals surface area contributed by atoms with Crippen molar-refractivity contribution in [3.63, 3.8) is 0 Å². The second-order valence-corrected chi connectivity index (χ2v) is 5.68. The van der Waals surface area contributed by atoms with Gasteiger partial charge in [0.2, 0.25) is 5.13 Å². The van der Waals surface area contributed by atoms with Crippen molar-refractivity contribution in [3.05, 3.63) is 28.7 Å². The van der Waals surface area contributed by atoms with E-state index in [1.54, 1.807) is 6.92 Å². The number of carbonyl (C=O) groups excluding carboxylic acids is 1. The molecule has 0 aliphatic carbocycles. The van der Waals surface area contributed by atoms with E-state index in [1.165, 1.54) is 18.4 Å².